The molecule has 18 atom stereocenters. The summed E-state index contributed by atoms with van der Waals surface area (Å²) in [5.41, 5.74) is 4.07. The second-order valence-corrected chi connectivity index (χ2v) is 28.1. The van der Waals surface area contributed by atoms with Gasteiger partial charge in [0.1, 0.15) is 0 Å². The molecule has 2 amide bonds. The lowest BCUT2D eigenvalue weighted by Gasteiger charge is -2.63. The maximum Gasteiger partial charge on any atom is 0.266 e. The molecule has 0 aromatic rings. The fourth-order valence-corrected chi connectivity index (χ4v) is 19.3. The summed E-state index contributed by atoms with van der Waals surface area (Å²) in [5.74, 6) is 4.06. The van der Waals surface area contributed by atoms with Crippen molar-refractivity contribution in [2.45, 2.75) is 182 Å². The second-order valence-electron chi connectivity index (χ2n) is 25.0. The van der Waals surface area contributed by atoms with Gasteiger partial charge in [0, 0.05) is 25.9 Å². The Morgan fingerprint density at radius 3 is 1.30 bits per heavy atom. The van der Waals surface area contributed by atoms with E-state index in [1.54, 1.807) is 11.1 Å². The Balaban J connectivity index is 0.870. The van der Waals surface area contributed by atoms with Crippen LogP contribution in [0, 0.1) is 92.7 Å². The summed E-state index contributed by atoms with van der Waals surface area (Å²) in [7, 11) is -8.21. The molecule has 8 aliphatic carbocycles. The highest BCUT2D eigenvalue weighted by Crippen LogP contribution is 2.71. The first kappa shape index (κ1) is 50.8. The minimum absolute atomic E-state index is 0.0779. The molecule has 2 unspecified atom stereocenters. The molecule has 14 heteroatoms. The summed E-state index contributed by atoms with van der Waals surface area (Å²) in [6.07, 6.45) is 19.6. The molecule has 0 saturated heterocycles. The molecule has 0 spiro atoms. The standard InChI is InChI=1S/C52H86N2O10S2/c1-31(7-13-45(57)53-23-25-65(59,60)61)37-9-11-39-47-41(17-21-51(37,39)5)49(3)19-15-33(27-35(49)29-43(47)55)34-16-20-50(4)36(28-34)30-44(56)48-40-12-10-38(52(40,6)22-18-42(48)50)32(2)8-14-46(58)54-24-26-66(62,63)64/h31-32,35-44,47-48,55-56H,7-30H2,1-6H3,(H,53,57)(H,54,58)(H,59,60,61)(H,62,63,64)/b34-33+/t31-,32-,35?,36?,37-,38-,39+,40+,41+,42+,43+,44+,47+,48+,49+,50+,51-,52-/m1/s1. The van der Waals surface area contributed by atoms with Crippen LogP contribution in [0.4, 0.5) is 0 Å². The van der Waals surface area contributed by atoms with Gasteiger partial charge in [0.2, 0.25) is 11.8 Å². The van der Waals surface area contributed by atoms with Crippen molar-refractivity contribution in [2.75, 3.05) is 24.6 Å². The van der Waals surface area contributed by atoms with Gasteiger partial charge < -0.3 is 20.8 Å². The number of hydrogen-bond donors (Lipinski definition) is 6. The first-order chi connectivity index (χ1) is 30.9. The van der Waals surface area contributed by atoms with E-state index in [1.807, 2.05) is 0 Å². The molecule has 0 aliphatic heterocycles. The van der Waals surface area contributed by atoms with Crippen molar-refractivity contribution in [3.8, 4) is 0 Å². The van der Waals surface area contributed by atoms with Gasteiger partial charge >= 0.3 is 0 Å². The van der Waals surface area contributed by atoms with Crippen molar-refractivity contribution in [2.24, 2.45) is 92.7 Å². The Morgan fingerprint density at radius 2 is 0.939 bits per heavy atom. The van der Waals surface area contributed by atoms with Crippen LogP contribution in [0.2, 0.25) is 0 Å². The Kier molecular flexibility index (Phi) is 14.5. The Bertz CT molecular complexity index is 1940. The van der Waals surface area contributed by atoms with E-state index in [0.29, 0.717) is 83.9 Å². The van der Waals surface area contributed by atoms with Crippen LogP contribution in [0.15, 0.2) is 11.1 Å². The summed E-state index contributed by atoms with van der Waals surface area (Å²) in [6, 6.07) is 0. The highest BCUT2D eigenvalue weighted by atomic mass is 32.2. The molecule has 376 valence electrons. The van der Waals surface area contributed by atoms with Crippen LogP contribution < -0.4 is 10.6 Å². The van der Waals surface area contributed by atoms with E-state index < -0.39 is 31.7 Å². The van der Waals surface area contributed by atoms with Gasteiger partial charge in [-0.1, -0.05) is 52.7 Å². The molecule has 66 heavy (non-hydrogen) atoms. The molecule has 8 saturated carbocycles. The first-order valence-corrected chi connectivity index (χ1v) is 29.6. The number of hydrogen-bond acceptors (Lipinski definition) is 8. The van der Waals surface area contributed by atoms with E-state index in [9.17, 15) is 36.6 Å². The van der Waals surface area contributed by atoms with E-state index in [-0.39, 0.29) is 58.8 Å². The van der Waals surface area contributed by atoms with Crippen LogP contribution >= 0.6 is 0 Å². The molecule has 6 N–H and O–H groups in total. The van der Waals surface area contributed by atoms with Gasteiger partial charge in [-0.3, -0.25) is 18.7 Å². The number of allylic oxidation sites excluding steroid dienone is 2. The molecular formula is C52H86N2O10S2. The predicted molar refractivity (Wildman–Crippen MR) is 256 cm³/mol. The number of amides is 2. The molecule has 0 heterocycles. The molecular weight excluding hydrogens is 877 g/mol. The monoisotopic (exact) mass is 963 g/mol. The molecule has 0 radical (unpaired) electrons. The summed E-state index contributed by atoms with van der Waals surface area (Å²) >= 11 is 0. The number of nitrogens with one attached hydrogen (secondary N) is 2. The zero-order chi connectivity index (χ0) is 47.8. The van der Waals surface area contributed by atoms with Crippen molar-refractivity contribution >= 4 is 32.1 Å². The third kappa shape index (κ3) is 9.62. The lowest BCUT2D eigenvalue weighted by molar-refractivity contribution is -0.162. The average molecular weight is 963 g/mol. The van der Waals surface area contributed by atoms with Crippen LogP contribution in [-0.2, 0) is 29.8 Å². The Labute approximate surface area is 397 Å². The van der Waals surface area contributed by atoms with Crippen LogP contribution in [-0.4, -0.2) is 84.8 Å². The van der Waals surface area contributed by atoms with Crippen LogP contribution in [0.25, 0.3) is 0 Å². The Hall–Kier alpha value is -1.58. The molecule has 0 aromatic carbocycles. The second kappa shape index (κ2) is 18.9. The zero-order valence-corrected chi connectivity index (χ0v) is 42.7. The van der Waals surface area contributed by atoms with Gasteiger partial charge in [-0.05, 0) is 208 Å². The highest BCUT2D eigenvalue weighted by molar-refractivity contribution is 7.86. The van der Waals surface area contributed by atoms with E-state index in [2.05, 4.69) is 52.2 Å². The minimum Gasteiger partial charge on any atom is -0.393 e. The van der Waals surface area contributed by atoms with Gasteiger partial charge in [-0.25, -0.2) is 0 Å². The zero-order valence-electron chi connectivity index (χ0n) is 41.1. The topological polar surface area (TPSA) is 207 Å². The molecule has 8 rings (SSSR count). The van der Waals surface area contributed by atoms with E-state index in [1.165, 1.54) is 38.5 Å². The van der Waals surface area contributed by atoms with Crippen molar-refractivity contribution in [1.82, 2.24) is 10.6 Å². The number of rotatable bonds is 14. The number of aliphatic hydroxyl groups excluding tert-OH is 2. The minimum atomic E-state index is -4.11. The van der Waals surface area contributed by atoms with Crippen LogP contribution in [0.1, 0.15) is 170 Å². The van der Waals surface area contributed by atoms with Crippen LogP contribution in [0.3, 0.4) is 0 Å². The van der Waals surface area contributed by atoms with Gasteiger partial charge in [0.25, 0.3) is 20.2 Å². The van der Waals surface area contributed by atoms with E-state index in [0.717, 1.165) is 77.0 Å². The third-order valence-electron chi connectivity index (χ3n) is 22.1. The van der Waals surface area contributed by atoms with Gasteiger partial charge in [0.15, 0.2) is 0 Å². The van der Waals surface area contributed by atoms with E-state index in [4.69, 9.17) is 9.11 Å². The van der Waals surface area contributed by atoms with Crippen molar-refractivity contribution in [3.05, 3.63) is 11.1 Å². The molecule has 0 bridgehead atoms. The van der Waals surface area contributed by atoms with Gasteiger partial charge in [-0.2, -0.15) is 16.8 Å². The number of aliphatic hydroxyl groups is 2. The fourth-order valence-electron chi connectivity index (χ4n) is 18.6. The summed E-state index contributed by atoms with van der Waals surface area (Å²) in [5, 5.41) is 29.7. The molecule has 8 fully saturated rings. The summed E-state index contributed by atoms with van der Waals surface area (Å²) in [4.78, 5) is 25.1. The number of carbonyl (C=O) groups excluding carboxylic acids is 2. The lowest BCUT2D eigenvalue weighted by Crippen LogP contribution is -2.58. The largest absolute Gasteiger partial charge is 0.393 e. The fraction of sp³-hybridized carbons (Fsp3) is 0.923. The quantitative estimate of drug-likeness (QED) is 0.0724. The van der Waals surface area contributed by atoms with Crippen molar-refractivity contribution in [3.63, 3.8) is 0 Å². The molecule has 0 aromatic heterocycles. The smallest absolute Gasteiger partial charge is 0.266 e. The first-order valence-electron chi connectivity index (χ1n) is 26.4. The third-order valence-corrected chi connectivity index (χ3v) is 23.6. The van der Waals surface area contributed by atoms with Crippen LogP contribution in [0.5, 0.6) is 0 Å². The lowest BCUT2D eigenvalue weighted by atomic mass is 9.42. The van der Waals surface area contributed by atoms with Crippen molar-refractivity contribution in [1.29, 1.82) is 0 Å². The molecule has 12 nitrogen and oxygen atoms in total. The van der Waals surface area contributed by atoms with Gasteiger partial charge in [-0.15, -0.1) is 0 Å². The van der Waals surface area contributed by atoms with E-state index >= 15 is 0 Å². The van der Waals surface area contributed by atoms with Crippen molar-refractivity contribution < 1.29 is 45.7 Å². The molecule has 8 aliphatic rings. The summed E-state index contributed by atoms with van der Waals surface area (Å²) in [6.45, 7) is 14.5. The maximum absolute atomic E-state index is 12.6. The van der Waals surface area contributed by atoms with Gasteiger partial charge in [0.05, 0.1) is 23.7 Å². The number of fused-ring (bicyclic) bond motifs is 10. The SMILES string of the molecule is C[C@H](CCC(=O)NCCS(=O)(=O)O)[C@H]1CC[C@H]2[C@@H]3[C@@H](O)CC4C/C(=C5\CC[C@@]6(C)C(C5)C[C@H](O)[C@H]5[C@@H]7CC[C@H]([C@H](C)CCC(=O)NCCS(=O)(=O)O)[C@@]7(C)CC[C@@H]56)CC[C@]4(C)[C@H]3CC[C@]12C. The maximum atomic E-state index is 12.6. The number of carbonyl (C=O) groups is 2. The summed E-state index contributed by atoms with van der Waals surface area (Å²) < 4.78 is 62.3. The Morgan fingerprint density at radius 1 is 0.576 bits per heavy atom. The average Bonchev–Trinajstić information content (AvgIpc) is 3.78. The predicted octanol–water partition coefficient (Wildman–Crippen LogP) is 8.38. The highest BCUT2D eigenvalue weighted by Gasteiger charge is 2.65. The normalized spacial score (nSPS) is 45.2.